The lowest BCUT2D eigenvalue weighted by Gasteiger charge is -2.25. The molecule has 1 aromatic heterocycles. The highest BCUT2D eigenvalue weighted by Crippen LogP contribution is 2.18. The van der Waals surface area contributed by atoms with Crippen molar-refractivity contribution in [2.75, 3.05) is 26.0 Å². The third-order valence-corrected chi connectivity index (χ3v) is 5.58. The molecule has 0 aliphatic rings. The van der Waals surface area contributed by atoms with Crippen molar-refractivity contribution in [1.29, 1.82) is 0 Å². The van der Waals surface area contributed by atoms with Gasteiger partial charge in [-0.3, -0.25) is 9.59 Å². The quantitative estimate of drug-likeness (QED) is 0.595. The zero-order chi connectivity index (χ0) is 20.6. The molecule has 1 heterocycles. The van der Waals surface area contributed by atoms with Crippen LogP contribution in [0.15, 0.2) is 72.1 Å². The summed E-state index contributed by atoms with van der Waals surface area (Å²) in [4.78, 5) is 27.9. The van der Waals surface area contributed by atoms with E-state index in [1.807, 2.05) is 43.7 Å². The maximum absolute atomic E-state index is 12.8. The summed E-state index contributed by atoms with van der Waals surface area (Å²) in [5.74, 6) is -0.414. The van der Waals surface area contributed by atoms with Gasteiger partial charge in [0, 0.05) is 12.6 Å². The number of para-hydroxylation sites is 1. The average Bonchev–Trinajstić information content (AvgIpc) is 3.27. The van der Waals surface area contributed by atoms with Crippen LogP contribution in [0.2, 0.25) is 0 Å². The summed E-state index contributed by atoms with van der Waals surface area (Å²) in [5.41, 5.74) is 2.19. The van der Waals surface area contributed by atoms with E-state index in [1.54, 1.807) is 30.3 Å². The van der Waals surface area contributed by atoms with Crippen molar-refractivity contribution in [3.05, 3.63) is 88.1 Å². The molecule has 0 saturated heterocycles. The van der Waals surface area contributed by atoms with E-state index in [9.17, 15) is 9.59 Å². The predicted octanol–water partition coefficient (Wildman–Crippen LogP) is 3.90. The number of amides is 2. The molecule has 0 saturated carbocycles. The standard InChI is InChI=1S/C23H25N3O2S/c1-26(2)18(15-17-9-4-3-5-10-17)16-24-22(27)19-11-6-7-12-20(19)25-23(28)21-13-8-14-29-21/h3-14,18H,15-16H2,1-2H3,(H,24,27)(H,25,28). The highest BCUT2D eigenvalue weighted by molar-refractivity contribution is 7.12. The van der Waals surface area contributed by atoms with Crippen molar-refractivity contribution in [3.63, 3.8) is 0 Å². The molecule has 0 aliphatic heterocycles. The Morgan fingerprint density at radius 2 is 1.66 bits per heavy atom. The molecule has 0 fully saturated rings. The Morgan fingerprint density at radius 3 is 2.34 bits per heavy atom. The van der Waals surface area contributed by atoms with Crippen molar-refractivity contribution in [3.8, 4) is 0 Å². The van der Waals surface area contributed by atoms with E-state index in [1.165, 1.54) is 16.9 Å². The molecule has 2 aromatic carbocycles. The molecule has 2 N–H and O–H groups in total. The molecule has 3 rings (SSSR count). The first-order chi connectivity index (χ1) is 14.0. The minimum Gasteiger partial charge on any atom is -0.350 e. The van der Waals surface area contributed by atoms with E-state index in [2.05, 4.69) is 27.7 Å². The second-order valence-electron chi connectivity index (χ2n) is 6.99. The van der Waals surface area contributed by atoms with Crippen molar-refractivity contribution in [1.82, 2.24) is 10.2 Å². The highest BCUT2D eigenvalue weighted by Gasteiger charge is 2.17. The Morgan fingerprint density at radius 1 is 0.931 bits per heavy atom. The number of thiophene rings is 1. The van der Waals surface area contributed by atoms with Gasteiger partial charge < -0.3 is 15.5 Å². The molecule has 0 bridgehead atoms. The van der Waals surface area contributed by atoms with Crippen molar-refractivity contribution >= 4 is 28.8 Å². The van der Waals surface area contributed by atoms with Crippen LogP contribution in [0.1, 0.15) is 25.6 Å². The van der Waals surface area contributed by atoms with Gasteiger partial charge in [0.15, 0.2) is 0 Å². The lowest BCUT2D eigenvalue weighted by molar-refractivity contribution is 0.0942. The average molecular weight is 408 g/mol. The summed E-state index contributed by atoms with van der Waals surface area (Å²) in [6.45, 7) is 0.508. The van der Waals surface area contributed by atoms with Crippen LogP contribution in [0.4, 0.5) is 5.69 Å². The minimum atomic E-state index is -0.213. The molecule has 0 spiro atoms. The number of carbonyl (C=O) groups excluding carboxylic acids is 2. The summed E-state index contributed by atoms with van der Waals surface area (Å²) in [6.07, 6.45) is 0.838. The fraction of sp³-hybridized carbons (Fsp3) is 0.217. The lowest BCUT2D eigenvalue weighted by Crippen LogP contribution is -2.41. The van der Waals surface area contributed by atoms with Crippen LogP contribution in [-0.2, 0) is 6.42 Å². The van der Waals surface area contributed by atoms with Gasteiger partial charge >= 0.3 is 0 Å². The zero-order valence-electron chi connectivity index (χ0n) is 16.6. The first-order valence-corrected chi connectivity index (χ1v) is 10.3. The maximum Gasteiger partial charge on any atom is 0.265 e. The number of carbonyl (C=O) groups is 2. The third-order valence-electron chi connectivity index (χ3n) is 4.71. The molecule has 29 heavy (non-hydrogen) atoms. The first kappa shape index (κ1) is 20.8. The van der Waals surface area contributed by atoms with E-state index >= 15 is 0 Å². The fourth-order valence-electron chi connectivity index (χ4n) is 3.01. The highest BCUT2D eigenvalue weighted by atomic mass is 32.1. The molecule has 5 nitrogen and oxygen atoms in total. The van der Waals surface area contributed by atoms with E-state index in [4.69, 9.17) is 0 Å². The number of rotatable bonds is 8. The SMILES string of the molecule is CN(C)C(CNC(=O)c1ccccc1NC(=O)c1cccs1)Cc1ccccc1. The monoisotopic (exact) mass is 407 g/mol. The summed E-state index contributed by atoms with van der Waals surface area (Å²) >= 11 is 1.36. The van der Waals surface area contributed by atoms with Gasteiger partial charge in [0.05, 0.1) is 16.1 Å². The Bertz CT molecular complexity index is 940. The second kappa shape index (κ2) is 10.0. The smallest absolute Gasteiger partial charge is 0.265 e. The predicted molar refractivity (Wildman–Crippen MR) is 119 cm³/mol. The van der Waals surface area contributed by atoms with Gasteiger partial charge in [0.2, 0.25) is 0 Å². The van der Waals surface area contributed by atoms with Crippen LogP contribution in [0, 0.1) is 0 Å². The van der Waals surface area contributed by atoms with Crippen LogP contribution in [0.25, 0.3) is 0 Å². The number of hydrogen-bond acceptors (Lipinski definition) is 4. The molecule has 150 valence electrons. The number of benzene rings is 2. The van der Waals surface area contributed by atoms with Gasteiger partial charge in [-0.15, -0.1) is 11.3 Å². The topological polar surface area (TPSA) is 61.4 Å². The largest absolute Gasteiger partial charge is 0.350 e. The van der Waals surface area contributed by atoms with E-state index in [0.29, 0.717) is 22.7 Å². The third kappa shape index (κ3) is 5.76. The van der Waals surface area contributed by atoms with Gasteiger partial charge in [0.1, 0.15) is 0 Å². The molecule has 2 amide bonds. The molecule has 1 atom stereocenters. The number of anilines is 1. The molecular weight excluding hydrogens is 382 g/mol. The van der Waals surface area contributed by atoms with Gasteiger partial charge in [-0.1, -0.05) is 48.5 Å². The normalized spacial score (nSPS) is 11.8. The van der Waals surface area contributed by atoms with E-state index < -0.39 is 0 Å². The molecule has 1 unspecified atom stereocenters. The van der Waals surface area contributed by atoms with Crippen molar-refractivity contribution < 1.29 is 9.59 Å². The summed E-state index contributed by atoms with van der Waals surface area (Å²) in [6, 6.07) is 21.0. The van der Waals surface area contributed by atoms with E-state index in [-0.39, 0.29) is 17.9 Å². The zero-order valence-corrected chi connectivity index (χ0v) is 17.4. The molecule has 0 aliphatic carbocycles. The molecular formula is C23H25N3O2S. The van der Waals surface area contributed by atoms with Gasteiger partial charge in [0.25, 0.3) is 11.8 Å². The lowest BCUT2D eigenvalue weighted by atomic mass is 10.0. The van der Waals surface area contributed by atoms with E-state index in [0.717, 1.165) is 6.42 Å². The van der Waals surface area contributed by atoms with Gasteiger partial charge in [-0.05, 0) is 49.7 Å². The Hall–Kier alpha value is -2.96. The Balaban J connectivity index is 1.66. The van der Waals surface area contributed by atoms with Crippen LogP contribution in [0.3, 0.4) is 0 Å². The van der Waals surface area contributed by atoms with Crippen molar-refractivity contribution in [2.45, 2.75) is 12.5 Å². The van der Waals surface area contributed by atoms with Crippen molar-refractivity contribution in [2.24, 2.45) is 0 Å². The van der Waals surface area contributed by atoms with Crippen LogP contribution >= 0.6 is 11.3 Å². The molecule has 6 heteroatoms. The van der Waals surface area contributed by atoms with Gasteiger partial charge in [-0.25, -0.2) is 0 Å². The number of likely N-dealkylation sites (N-methyl/N-ethyl adjacent to an activating group) is 1. The number of nitrogens with one attached hydrogen (secondary N) is 2. The Labute approximate surface area is 175 Å². The number of hydrogen-bond donors (Lipinski definition) is 2. The Kier molecular flexibility index (Phi) is 7.16. The summed E-state index contributed by atoms with van der Waals surface area (Å²) in [5, 5.41) is 7.71. The fourth-order valence-corrected chi connectivity index (χ4v) is 3.63. The molecule has 3 aromatic rings. The van der Waals surface area contributed by atoms with Gasteiger partial charge in [-0.2, -0.15) is 0 Å². The second-order valence-corrected chi connectivity index (χ2v) is 7.94. The maximum atomic E-state index is 12.8. The first-order valence-electron chi connectivity index (χ1n) is 9.47. The van der Waals surface area contributed by atoms with Crippen LogP contribution < -0.4 is 10.6 Å². The summed E-state index contributed by atoms with van der Waals surface area (Å²) < 4.78 is 0. The number of nitrogens with zero attached hydrogens (tertiary/aromatic N) is 1. The minimum absolute atomic E-state index is 0.161. The molecule has 0 radical (unpaired) electrons. The van der Waals surface area contributed by atoms with Crippen LogP contribution in [0.5, 0.6) is 0 Å². The summed E-state index contributed by atoms with van der Waals surface area (Å²) in [7, 11) is 4.02. The van der Waals surface area contributed by atoms with Crippen LogP contribution in [-0.4, -0.2) is 43.4 Å².